The molecule has 40 heavy (non-hydrogen) atoms. The van der Waals surface area contributed by atoms with Gasteiger partial charge in [-0.2, -0.15) is 5.26 Å². The predicted molar refractivity (Wildman–Crippen MR) is 153 cm³/mol. The zero-order chi connectivity index (χ0) is 27.4. The summed E-state index contributed by atoms with van der Waals surface area (Å²) in [6, 6.07) is 11.9. The molecule has 2 amide bonds. The minimum Gasteiger partial charge on any atom is -0.477 e. The first-order chi connectivity index (χ1) is 18.9. The lowest BCUT2D eigenvalue weighted by Gasteiger charge is -2.31. The molecule has 0 radical (unpaired) electrons. The van der Waals surface area contributed by atoms with Gasteiger partial charge in [-0.25, -0.2) is 9.78 Å². The summed E-state index contributed by atoms with van der Waals surface area (Å²) in [6.45, 7) is 6.97. The summed E-state index contributed by atoms with van der Waals surface area (Å²) in [7, 11) is 0. The second-order valence-corrected chi connectivity index (χ2v) is 11.0. The average Bonchev–Trinajstić information content (AvgIpc) is 3.44. The normalized spacial score (nSPS) is 20.9. The van der Waals surface area contributed by atoms with Crippen LogP contribution in [-0.4, -0.2) is 71.2 Å². The van der Waals surface area contributed by atoms with Crippen LogP contribution in [0, 0.1) is 17.2 Å². The zero-order valence-corrected chi connectivity index (χ0v) is 24.0. The number of likely N-dealkylation sites (tertiary alicyclic amines) is 2. The molecule has 10 heteroatoms. The molecule has 3 aliphatic heterocycles. The van der Waals surface area contributed by atoms with Gasteiger partial charge in [0.1, 0.15) is 6.04 Å². The van der Waals surface area contributed by atoms with Gasteiger partial charge < -0.3 is 24.6 Å². The van der Waals surface area contributed by atoms with E-state index < -0.39 is 0 Å². The van der Waals surface area contributed by atoms with Crippen molar-refractivity contribution in [1.29, 1.82) is 5.26 Å². The molecular weight excluding hydrogens is 530 g/mol. The molecule has 2 fully saturated rings. The maximum Gasteiger partial charge on any atom is 0.410 e. The number of hydrogen-bond acceptors (Lipinski definition) is 7. The van der Waals surface area contributed by atoms with Gasteiger partial charge in [0.2, 0.25) is 11.8 Å². The third kappa shape index (κ3) is 6.86. The molecule has 5 rings (SSSR count). The number of piperidine rings is 1. The number of halogens is 1. The van der Waals surface area contributed by atoms with Gasteiger partial charge in [-0.05, 0) is 80.7 Å². The van der Waals surface area contributed by atoms with Crippen LogP contribution in [0.5, 0.6) is 5.88 Å². The largest absolute Gasteiger partial charge is 0.477 e. The minimum atomic E-state index is -0.295. The molecule has 2 atom stereocenters. The molecule has 0 aliphatic carbocycles. The van der Waals surface area contributed by atoms with E-state index in [9.17, 15) is 14.9 Å². The van der Waals surface area contributed by atoms with Crippen LogP contribution in [0.15, 0.2) is 36.5 Å². The van der Waals surface area contributed by atoms with Crippen molar-refractivity contribution in [2.75, 3.05) is 26.2 Å². The number of hydrogen-bond donors (Lipinski definition) is 1. The number of rotatable bonds is 6. The highest BCUT2D eigenvalue weighted by atomic mass is 35.5. The van der Waals surface area contributed by atoms with Gasteiger partial charge in [-0.1, -0.05) is 12.1 Å². The quantitative estimate of drug-likeness (QED) is 0.553. The Hall–Kier alpha value is -3.35. The highest BCUT2D eigenvalue weighted by molar-refractivity contribution is 5.85. The van der Waals surface area contributed by atoms with Crippen LogP contribution in [0.25, 0.3) is 11.1 Å². The Kier molecular flexibility index (Phi) is 9.88. The Morgan fingerprint density at radius 2 is 1.88 bits per heavy atom. The fraction of sp³-hybridized carbons (Fsp3) is 0.533. The summed E-state index contributed by atoms with van der Waals surface area (Å²) in [5.41, 5.74) is 4.43. The van der Waals surface area contributed by atoms with Crippen LogP contribution < -0.4 is 10.1 Å². The summed E-state index contributed by atoms with van der Waals surface area (Å²) in [4.78, 5) is 33.1. The molecule has 3 aliphatic rings. The third-order valence-electron chi connectivity index (χ3n) is 7.90. The highest BCUT2D eigenvalue weighted by Crippen LogP contribution is 2.28. The first-order valence-corrected chi connectivity index (χ1v) is 14.0. The molecule has 214 valence electrons. The van der Waals surface area contributed by atoms with Gasteiger partial charge in [0.15, 0.2) is 0 Å². The number of nitrogens with zero attached hydrogens (tertiary/aromatic N) is 4. The maximum absolute atomic E-state index is 13.0. The molecule has 0 bridgehead atoms. The van der Waals surface area contributed by atoms with Gasteiger partial charge in [0.25, 0.3) is 0 Å². The zero-order valence-electron chi connectivity index (χ0n) is 23.2. The van der Waals surface area contributed by atoms with Gasteiger partial charge >= 0.3 is 6.09 Å². The van der Waals surface area contributed by atoms with Crippen molar-refractivity contribution in [2.45, 2.75) is 70.7 Å². The number of aromatic nitrogens is 1. The smallest absolute Gasteiger partial charge is 0.410 e. The van der Waals surface area contributed by atoms with E-state index in [0.29, 0.717) is 51.0 Å². The topological polar surface area (TPSA) is 108 Å². The number of benzene rings is 1. The van der Waals surface area contributed by atoms with Crippen molar-refractivity contribution in [2.24, 2.45) is 5.92 Å². The van der Waals surface area contributed by atoms with E-state index in [0.717, 1.165) is 36.8 Å². The summed E-state index contributed by atoms with van der Waals surface area (Å²) in [6.07, 6.45) is 5.56. The Bertz CT molecular complexity index is 1220. The lowest BCUT2D eigenvalue weighted by molar-refractivity contribution is -0.133. The van der Waals surface area contributed by atoms with E-state index in [1.165, 1.54) is 11.1 Å². The number of carbonyl (C=O) groups excluding carboxylic acids is 2. The van der Waals surface area contributed by atoms with Crippen LogP contribution >= 0.6 is 12.4 Å². The molecule has 9 nitrogen and oxygen atoms in total. The highest BCUT2D eigenvalue weighted by Gasteiger charge is 2.34. The summed E-state index contributed by atoms with van der Waals surface area (Å²) in [5, 5.41) is 12.7. The van der Waals surface area contributed by atoms with E-state index in [-0.39, 0.29) is 42.6 Å². The third-order valence-corrected chi connectivity index (χ3v) is 7.90. The van der Waals surface area contributed by atoms with Gasteiger partial charge in [0.05, 0.1) is 24.8 Å². The van der Waals surface area contributed by atoms with Crippen molar-refractivity contribution < 1.29 is 19.1 Å². The van der Waals surface area contributed by atoms with Crippen molar-refractivity contribution in [1.82, 2.24) is 20.1 Å². The van der Waals surface area contributed by atoms with Gasteiger partial charge in [-0.15, -0.1) is 12.4 Å². The SMILES string of the molecule is CC(C)OC(=O)N1CCC(COc2ccc(-c3ccc4c(c3)CN[C@H](C(=O)N3CCC[C@H]3C#N)C4)cn2)CC1.Cl. The lowest BCUT2D eigenvalue weighted by Crippen LogP contribution is -2.50. The van der Waals surface area contributed by atoms with E-state index in [1.807, 2.05) is 32.2 Å². The average molecular weight is 568 g/mol. The molecule has 0 unspecified atom stereocenters. The molecule has 1 aromatic heterocycles. The Labute approximate surface area is 242 Å². The fourth-order valence-electron chi connectivity index (χ4n) is 5.63. The van der Waals surface area contributed by atoms with E-state index in [2.05, 4.69) is 34.6 Å². The van der Waals surface area contributed by atoms with Crippen LogP contribution in [0.2, 0.25) is 0 Å². The van der Waals surface area contributed by atoms with Crippen molar-refractivity contribution >= 4 is 24.4 Å². The first-order valence-electron chi connectivity index (χ1n) is 14.0. The van der Waals surface area contributed by atoms with Crippen LogP contribution in [0.4, 0.5) is 4.79 Å². The maximum atomic E-state index is 13.0. The van der Waals surface area contributed by atoms with Crippen molar-refractivity contribution in [3.63, 3.8) is 0 Å². The summed E-state index contributed by atoms with van der Waals surface area (Å²) >= 11 is 0. The summed E-state index contributed by atoms with van der Waals surface area (Å²) < 4.78 is 11.3. The predicted octanol–water partition coefficient (Wildman–Crippen LogP) is 4.34. The number of fused-ring (bicyclic) bond motifs is 1. The second kappa shape index (κ2) is 13.3. The standard InChI is InChI=1S/C30H37N5O4.ClH/c1-20(2)39-30(37)34-12-9-21(10-13-34)19-38-28-8-7-24(17-33-28)22-5-6-23-15-27(32-18-25(23)14-22)29(36)35-11-3-4-26(35)16-31;/h5-8,14,17,20-21,26-27,32H,3-4,9-13,15,18-19H2,1-2H3;1H/t26-,27-;/m0./s1. The minimum absolute atomic E-state index is 0. The van der Waals surface area contributed by atoms with E-state index >= 15 is 0 Å². The molecule has 2 aromatic rings. The molecular formula is C30H38ClN5O4. The number of carbonyl (C=O) groups is 2. The molecule has 1 N–H and O–H groups in total. The second-order valence-electron chi connectivity index (χ2n) is 11.0. The first kappa shape index (κ1) is 29.6. The van der Waals surface area contributed by atoms with E-state index in [4.69, 9.17) is 9.47 Å². The fourth-order valence-corrected chi connectivity index (χ4v) is 5.63. The van der Waals surface area contributed by atoms with Crippen LogP contribution in [0.3, 0.4) is 0 Å². The van der Waals surface area contributed by atoms with Crippen LogP contribution in [0.1, 0.15) is 50.7 Å². The number of nitriles is 1. The number of ether oxygens (including phenoxy) is 2. The van der Waals surface area contributed by atoms with Crippen LogP contribution in [-0.2, 0) is 22.5 Å². The lowest BCUT2D eigenvalue weighted by atomic mass is 9.92. The molecule has 4 heterocycles. The molecule has 0 spiro atoms. The summed E-state index contributed by atoms with van der Waals surface area (Å²) in [5.74, 6) is 1.02. The monoisotopic (exact) mass is 567 g/mol. The Morgan fingerprint density at radius 1 is 1.10 bits per heavy atom. The van der Waals surface area contributed by atoms with E-state index in [1.54, 1.807) is 9.80 Å². The van der Waals surface area contributed by atoms with Crippen molar-refractivity contribution in [3.8, 4) is 23.1 Å². The van der Waals surface area contributed by atoms with Gasteiger partial charge in [-0.3, -0.25) is 4.79 Å². The number of nitrogens with one attached hydrogen (secondary N) is 1. The number of pyridine rings is 1. The van der Waals surface area contributed by atoms with Gasteiger partial charge in [0, 0.05) is 44.0 Å². The Morgan fingerprint density at radius 3 is 2.58 bits per heavy atom. The molecule has 0 saturated carbocycles. The van der Waals surface area contributed by atoms with Crippen molar-refractivity contribution in [3.05, 3.63) is 47.7 Å². The molecule has 1 aromatic carbocycles. The number of amides is 2. The Balaban J connectivity index is 0.00000370. The molecule has 2 saturated heterocycles.